The molecule has 350 valence electrons. The summed E-state index contributed by atoms with van der Waals surface area (Å²) in [5.41, 5.74) is 9.57. The summed E-state index contributed by atoms with van der Waals surface area (Å²) < 4.78 is 0. The van der Waals surface area contributed by atoms with Crippen molar-refractivity contribution in [3.63, 3.8) is 0 Å². The number of carbonyl (C=O) groups excluding carboxylic acids is 3. The summed E-state index contributed by atoms with van der Waals surface area (Å²) in [7, 11) is -1.99. The number of anilines is 1. The molecular formula is C60H63N5O3P+. The number of unbranched alkanes of at least 4 members (excludes halogenated alkanes) is 2. The molecule has 0 spiro atoms. The minimum Gasteiger partial charge on any atom is -0.384 e. The van der Waals surface area contributed by atoms with Gasteiger partial charge in [-0.05, 0) is 135 Å². The van der Waals surface area contributed by atoms with E-state index in [0.29, 0.717) is 22.9 Å². The molecule has 1 aliphatic heterocycles. The van der Waals surface area contributed by atoms with Crippen molar-refractivity contribution < 1.29 is 14.4 Å². The van der Waals surface area contributed by atoms with E-state index >= 15 is 0 Å². The van der Waals surface area contributed by atoms with E-state index in [9.17, 15) is 14.4 Å². The Morgan fingerprint density at radius 1 is 0.667 bits per heavy atom. The van der Waals surface area contributed by atoms with Crippen molar-refractivity contribution in [2.24, 2.45) is 17.8 Å². The normalized spacial score (nSPS) is 17.4. The zero-order valence-corrected chi connectivity index (χ0v) is 41.1. The zero-order valence-electron chi connectivity index (χ0n) is 40.2. The molecule has 10 rings (SSSR count). The average molecular weight is 933 g/mol. The van der Waals surface area contributed by atoms with Gasteiger partial charge in [-0.15, -0.1) is 5.10 Å². The molecule has 1 fully saturated rings. The van der Waals surface area contributed by atoms with Crippen LogP contribution >= 0.6 is 7.26 Å². The Balaban J connectivity index is 0.855. The SMILES string of the molecule is CCCCNc1c(-c2ccc(-c3nnc(C)c4c3CC[C@@H]3[C@H](C)[C@@H]3CC4)cc2)cc2c3c(cccc13)C(=O)N(CCNC(=O)CCCC[P+](c1ccccc1)(c1ccccc1)c1ccccc1)C2=O. The first kappa shape index (κ1) is 46.2. The lowest BCUT2D eigenvalue weighted by Gasteiger charge is -2.29. The van der Waals surface area contributed by atoms with Gasteiger partial charge < -0.3 is 10.6 Å². The maximum Gasteiger partial charge on any atom is 0.261 e. The molecule has 3 aliphatic rings. The third kappa shape index (κ3) is 9.00. The van der Waals surface area contributed by atoms with Gasteiger partial charge in [0.15, 0.2) is 0 Å². The van der Waals surface area contributed by atoms with Gasteiger partial charge in [0.05, 0.1) is 17.5 Å². The first-order valence-electron chi connectivity index (χ1n) is 25.3. The molecule has 7 aromatic rings. The fourth-order valence-corrected chi connectivity index (χ4v) is 16.0. The average Bonchev–Trinajstić information content (AvgIpc) is 4.00. The fraction of sp³-hybridized carbons (Fsp3) is 0.317. The summed E-state index contributed by atoms with van der Waals surface area (Å²) in [6.45, 7) is 7.69. The predicted molar refractivity (Wildman–Crippen MR) is 284 cm³/mol. The summed E-state index contributed by atoms with van der Waals surface area (Å²) in [6, 6.07) is 48.7. The van der Waals surface area contributed by atoms with Crippen LogP contribution in [0.3, 0.4) is 0 Å². The van der Waals surface area contributed by atoms with E-state index in [1.165, 1.54) is 44.8 Å². The standard InChI is InChI=1S/C60H62N5O3P/c1-4-5-35-62-58-51-24-17-25-52-56(51)54(39-53(58)42-27-29-43(30-28-42)57-50-34-32-48-40(2)47(48)31-33-49(50)41(3)63-64-57)60(68)65(59(52)67)37-36-61-55(66)26-15-16-38-69(44-18-9-6-10-19-44,45-20-11-7-12-21-45)46-22-13-8-14-23-46/h6-14,17-25,27-30,39-40,47-48H,4-5,15-16,26,31-38H2,1-3H3,(H-,61,62,64,66,67,68)/p+1/t40-,47+,48-/m1/s1. The summed E-state index contributed by atoms with van der Waals surface area (Å²) in [6.07, 6.45) is 9.40. The van der Waals surface area contributed by atoms with Crippen LogP contribution in [0.25, 0.3) is 33.2 Å². The maximum atomic E-state index is 14.6. The quantitative estimate of drug-likeness (QED) is 0.0535. The molecule has 3 atom stereocenters. The zero-order chi connectivity index (χ0) is 47.5. The number of nitrogens with one attached hydrogen (secondary N) is 2. The van der Waals surface area contributed by atoms with Crippen LogP contribution in [0.5, 0.6) is 0 Å². The number of aromatic nitrogens is 2. The number of hydrogen-bond acceptors (Lipinski definition) is 6. The van der Waals surface area contributed by atoms with Crippen molar-refractivity contribution in [1.29, 1.82) is 0 Å². The highest BCUT2D eigenvalue weighted by atomic mass is 31.2. The summed E-state index contributed by atoms with van der Waals surface area (Å²) >= 11 is 0. The number of imide groups is 1. The van der Waals surface area contributed by atoms with E-state index in [4.69, 9.17) is 5.10 Å². The minimum atomic E-state index is -1.99. The molecule has 9 heteroatoms. The smallest absolute Gasteiger partial charge is 0.261 e. The monoisotopic (exact) mass is 932 g/mol. The Bertz CT molecular complexity index is 2900. The highest BCUT2D eigenvalue weighted by molar-refractivity contribution is 7.95. The van der Waals surface area contributed by atoms with Crippen molar-refractivity contribution in [1.82, 2.24) is 20.4 Å². The molecular weight excluding hydrogens is 870 g/mol. The first-order valence-corrected chi connectivity index (χ1v) is 27.2. The van der Waals surface area contributed by atoms with Crippen LogP contribution in [0.2, 0.25) is 0 Å². The van der Waals surface area contributed by atoms with Crippen molar-refractivity contribution in [2.45, 2.75) is 78.6 Å². The van der Waals surface area contributed by atoms with E-state index in [0.717, 1.165) is 108 Å². The van der Waals surface area contributed by atoms with Gasteiger partial charge in [0.2, 0.25) is 5.91 Å². The summed E-state index contributed by atoms with van der Waals surface area (Å²) in [5.74, 6) is 1.70. The minimum absolute atomic E-state index is 0.0760. The molecule has 69 heavy (non-hydrogen) atoms. The van der Waals surface area contributed by atoms with Crippen LogP contribution in [0, 0.1) is 24.7 Å². The van der Waals surface area contributed by atoms with Gasteiger partial charge in [-0.3, -0.25) is 19.3 Å². The van der Waals surface area contributed by atoms with Crippen molar-refractivity contribution in [3.05, 3.63) is 167 Å². The van der Waals surface area contributed by atoms with E-state index < -0.39 is 7.26 Å². The van der Waals surface area contributed by atoms with E-state index in [1.807, 2.05) is 24.3 Å². The van der Waals surface area contributed by atoms with Crippen molar-refractivity contribution in [2.75, 3.05) is 31.1 Å². The number of amides is 3. The fourth-order valence-electron chi connectivity index (χ4n) is 11.6. The third-order valence-corrected chi connectivity index (χ3v) is 19.9. The van der Waals surface area contributed by atoms with Crippen LogP contribution in [0.1, 0.15) is 96.3 Å². The molecule has 0 bridgehead atoms. The number of aryl methyl sites for hydroxylation is 1. The number of nitrogens with zero attached hydrogens (tertiary/aromatic N) is 3. The highest BCUT2D eigenvalue weighted by Crippen LogP contribution is 2.56. The van der Waals surface area contributed by atoms with Gasteiger partial charge >= 0.3 is 0 Å². The highest BCUT2D eigenvalue weighted by Gasteiger charge is 2.47. The number of rotatable bonds is 17. The van der Waals surface area contributed by atoms with Crippen LogP contribution in [0.4, 0.5) is 5.69 Å². The molecule has 2 N–H and O–H groups in total. The van der Waals surface area contributed by atoms with Gasteiger partial charge in [0, 0.05) is 64.8 Å². The van der Waals surface area contributed by atoms with Crippen molar-refractivity contribution >= 4 is 57.4 Å². The molecule has 1 aromatic heterocycles. The number of benzene rings is 6. The lowest BCUT2D eigenvalue weighted by atomic mass is 9.87. The van der Waals surface area contributed by atoms with E-state index in [-0.39, 0.29) is 30.8 Å². The van der Waals surface area contributed by atoms with Crippen LogP contribution in [-0.4, -0.2) is 58.6 Å². The maximum absolute atomic E-state index is 14.6. The van der Waals surface area contributed by atoms with Gasteiger partial charge in [0.25, 0.3) is 11.8 Å². The van der Waals surface area contributed by atoms with Gasteiger partial charge in [0.1, 0.15) is 23.2 Å². The Hall–Kier alpha value is -6.50. The second-order valence-electron chi connectivity index (χ2n) is 19.4. The number of carbonyl (C=O) groups is 3. The Morgan fingerprint density at radius 2 is 1.28 bits per heavy atom. The van der Waals surface area contributed by atoms with E-state index in [2.05, 4.69) is 152 Å². The largest absolute Gasteiger partial charge is 0.384 e. The lowest BCUT2D eigenvalue weighted by molar-refractivity contribution is -0.121. The molecule has 3 amide bonds. The number of hydrogen-bond donors (Lipinski definition) is 2. The van der Waals surface area contributed by atoms with E-state index in [1.54, 1.807) is 0 Å². The topological polar surface area (TPSA) is 104 Å². The van der Waals surface area contributed by atoms with Crippen LogP contribution < -0.4 is 26.5 Å². The Labute approximate surface area is 407 Å². The number of fused-ring (bicyclic) bond motifs is 2. The first-order chi connectivity index (χ1) is 33.8. The van der Waals surface area contributed by atoms with Gasteiger partial charge in [-0.2, -0.15) is 5.10 Å². The summed E-state index contributed by atoms with van der Waals surface area (Å²) in [4.78, 5) is 43.5. The molecule has 0 saturated heterocycles. The van der Waals surface area contributed by atoms with Crippen LogP contribution in [-0.2, 0) is 17.6 Å². The predicted octanol–water partition coefficient (Wildman–Crippen LogP) is 11.1. The van der Waals surface area contributed by atoms with Gasteiger partial charge in [-0.25, -0.2) is 0 Å². The third-order valence-electron chi connectivity index (χ3n) is 15.4. The van der Waals surface area contributed by atoms with Gasteiger partial charge in [-0.1, -0.05) is 111 Å². The Morgan fingerprint density at radius 3 is 1.91 bits per heavy atom. The molecule has 2 heterocycles. The molecule has 0 radical (unpaired) electrons. The molecule has 0 unspecified atom stereocenters. The molecule has 8 nitrogen and oxygen atoms in total. The lowest BCUT2D eigenvalue weighted by Crippen LogP contribution is -2.44. The second kappa shape index (κ2) is 20.2. The van der Waals surface area contributed by atoms with Crippen molar-refractivity contribution in [3.8, 4) is 22.4 Å². The second-order valence-corrected chi connectivity index (χ2v) is 23.0. The summed E-state index contributed by atoms with van der Waals surface area (Å²) in [5, 5.41) is 21.7. The Kier molecular flexibility index (Phi) is 13.6. The molecule has 6 aromatic carbocycles. The van der Waals surface area contributed by atoms with Crippen LogP contribution in [0.15, 0.2) is 140 Å². The molecule has 2 aliphatic carbocycles. The molecule has 1 saturated carbocycles.